The predicted octanol–water partition coefficient (Wildman–Crippen LogP) is 3.96. The number of halogens is 1. The minimum Gasteiger partial charge on any atom is -0.383 e. The van der Waals surface area contributed by atoms with Gasteiger partial charge in [-0.2, -0.15) is 0 Å². The van der Waals surface area contributed by atoms with Crippen LogP contribution in [-0.2, 0) is 6.54 Å². The van der Waals surface area contributed by atoms with E-state index in [1.165, 1.54) is 0 Å². The van der Waals surface area contributed by atoms with E-state index in [0.717, 1.165) is 35.9 Å². The average molecular weight is 381 g/mol. The number of Topliss-reactive ketones (excluding diaryl/α,β-unsaturated/α-hetero) is 1. The van der Waals surface area contributed by atoms with Gasteiger partial charge in [0.25, 0.3) is 0 Å². The zero-order valence-electron chi connectivity index (χ0n) is 14.9. The number of carbonyl (C=O) groups is 1. The van der Waals surface area contributed by atoms with E-state index in [4.69, 9.17) is 17.3 Å². The number of nitrogens with two attached hydrogens (primary N) is 1. The van der Waals surface area contributed by atoms with Gasteiger partial charge in [-0.15, -0.1) is 0 Å². The fraction of sp³-hybridized carbons (Fsp3) is 0.286. The second-order valence-corrected chi connectivity index (χ2v) is 7.43. The van der Waals surface area contributed by atoms with Crippen molar-refractivity contribution in [3.63, 3.8) is 0 Å². The Hall–Kier alpha value is -2.50. The van der Waals surface area contributed by atoms with E-state index < -0.39 is 0 Å². The third-order valence-electron chi connectivity index (χ3n) is 5.03. The second-order valence-electron chi connectivity index (χ2n) is 6.99. The molecule has 0 amide bonds. The molecule has 3 aromatic rings. The lowest BCUT2D eigenvalue weighted by Crippen LogP contribution is -2.38. The van der Waals surface area contributed by atoms with Crippen LogP contribution in [0.5, 0.6) is 0 Å². The number of ketones is 1. The molecule has 2 aromatic carbocycles. The summed E-state index contributed by atoms with van der Waals surface area (Å²) >= 11 is 6.08. The molecule has 2 N–H and O–H groups in total. The number of hydrogen-bond acceptors (Lipinski definition) is 5. The Labute approximate surface area is 163 Å². The lowest BCUT2D eigenvalue weighted by molar-refractivity contribution is 0.0808. The first-order chi connectivity index (χ1) is 13.1. The molecule has 0 saturated carbocycles. The molecule has 0 radical (unpaired) electrons. The molecule has 0 spiro atoms. The third-order valence-corrected chi connectivity index (χ3v) is 5.27. The largest absolute Gasteiger partial charge is 0.383 e. The standard InChI is InChI=1S/C21H21ClN4O/c22-16-8-9-17-18(11-16)24-19(25-21(17)23)13-26-10-4-7-15(12-26)20(27)14-5-2-1-3-6-14/h1-3,5-6,8-9,11,15H,4,7,10,12-13H2,(H2,23,24,25). The number of carbonyl (C=O) groups excluding carboxylic acids is 1. The van der Waals surface area contributed by atoms with E-state index in [1.54, 1.807) is 12.1 Å². The zero-order chi connectivity index (χ0) is 18.8. The summed E-state index contributed by atoms with van der Waals surface area (Å²) < 4.78 is 0. The van der Waals surface area contributed by atoms with Crippen molar-refractivity contribution in [3.8, 4) is 0 Å². The van der Waals surface area contributed by atoms with Crippen molar-refractivity contribution >= 4 is 34.1 Å². The van der Waals surface area contributed by atoms with Crippen LogP contribution in [-0.4, -0.2) is 33.7 Å². The first kappa shape index (κ1) is 17.9. The molecule has 2 heterocycles. The van der Waals surface area contributed by atoms with Crippen molar-refractivity contribution in [2.24, 2.45) is 5.92 Å². The monoisotopic (exact) mass is 380 g/mol. The fourth-order valence-electron chi connectivity index (χ4n) is 3.70. The van der Waals surface area contributed by atoms with Crippen LogP contribution in [0.15, 0.2) is 48.5 Å². The van der Waals surface area contributed by atoms with E-state index in [-0.39, 0.29) is 11.7 Å². The van der Waals surface area contributed by atoms with Crippen LogP contribution < -0.4 is 5.73 Å². The first-order valence-corrected chi connectivity index (χ1v) is 9.51. The highest BCUT2D eigenvalue weighted by Crippen LogP contribution is 2.24. The molecule has 0 bridgehead atoms. The van der Waals surface area contributed by atoms with Crippen LogP contribution in [0.25, 0.3) is 10.9 Å². The highest BCUT2D eigenvalue weighted by Gasteiger charge is 2.27. The van der Waals surface area contributed by atoms with Crippen LogP contribution >= 0.6 is 11.6 Å². The number of fused-ring (bicyclic) bond motifs is 1. The number of aromatic nitrogens is 2. The Morgan fingerprint density at radius 3 is 2.81 bits per heavy atom. The number of hydrogen-bond donors (Lipinski definition) is 1. The van der Waals surface area contributed by atoms with Gasteiger partial charge in [-0.05, 0) is 37.6 Å². The van der Waals surface area contributed by atoms with Gasteiger partial charge in [0.05, 0.1) is 12.1 Å². The molecular weight excluding hydrogens is 360 g/mol. The Balaban J connectivity index is 1.51. The first-order valence-electron chi connectivity index (χ1n) is 9.13. The van der Waals surface area contributed by atoms with E-state index in [9.17, 15) is 4.79 Å². The van der Waals surface area contributed by atoms with Gasteiger partial charge in [-0.25, -0.2) is 9.97 Å². The van der Waals surface area contributed by atoms with Crippen molar-refractivity contribution in [1.82, 2.24) is 14.9 Å². The van der Waals surface area contributed by atoms with E-state index >= 15 is 0 Å². The quantitative estimate of drug-likeness (QED) is 0.693. The van der Waals surface area contributed by atoms with Crippen LogP contribution in [0.2, 0.25) is 5.02 Å². The van der Waals surface area contributed by atoms with Crippen molar-refractivity contribution < 1.29 is 4.79 Å². The lowest BCUT2D eigenvalue weighted by Gasteiger charge is -2.31. The van der Waals surface area contributed by atoms with E-state index in [0.29, 0.717) is 29.8 Å². The van der Waals surface area contributed by atoms with Crippen LogP contribution in [0.1, 0.15) is 29.0 Å². The number of benzene rings is 2. The summed E-state index contributed by atoms with van der Waals surface area (Å²) in [7, 11) is 0. The Bertz CT molecular complexity index is 977. The molecule has 0 aliphatic carbocycles. The molecular formula is C21H21ClN4O. The summed E-state index contributed by atoms with van der Waals surface area (Å²) in [5, 5.41) is 1.43. The summed E-state index contributed by atoms with van der Waals surface area (Å²) in [5.41, 5.74) is 7.63. The predicted molar refractivity (Wildman–Crippen MR) is 108 cm³/mol. The minimum absolute atomic E-state index is 0.00778. The maximum absolute atomic E-state index is 12.8. The van der Waals surface area contributed by atoms with Gasteiger partial charge in [0.2, 0.25) is 0 Å². The number of rotatable bonds is 4. The van der Waals surface area contributed by atoms with E-state index in [1.807, 2.05) is 36.4 Å². The minimum atomic E-state index is 0.00778. The molecule has 1 fully saturated rings. The van der Waals surface area contributed by atoms with Gasteiger partial charge in [0.1, 0.15) is 11.6 Å². The van der Waals surface area contributed by atoms with Gasteiger partial charge in [-0.1, -0.05) is 41.9 Å². The van der Waals surface area contributed by atoms with Crippen molar-refractivity contribution in [2.75, 3.05) is 18.8 Å². The maximum atomic E-state index is 12.8. The van der Waals surface area contributed by atoms with Gasteiger partial charge in [0.15, 0.2) is 5.78 Å². The molecule has 4 rings (SSSR count). The SMILES string of the molecule is Nc1nc(CN2CCCC(C(=O)c3ccccc3)C2)nc2cc(Cl)ccc12. The summed E-state index contributed by atoms with van der Waals surface area (Å²) in [4.78, 5) is 24.1. The molecule has 1 aromatic heterocycles. The molecule has 5 nitrogen and oxygen atoms in total. The zero-order valence-corrected chi connectivity index (χ0v) is 15.7. The maximum Gasteiger partial charge on any atom is 0.167 e. The van der Waals surface area contributed by atoms with Crippen molar-refractivity contribution in [3.05, 3.63) is 64.9 Å². The molecule has 1 unspecified atom stereocenters. The van der Waals surface area contributed by atoms with Gasteiger partial charge < -0.3 is 5.73 Å². The summed E-state index contributed by atoms with van der Waals surface area (Å²) in [6.45, 7) is 2.21. The van der Waals surface area contributed by atoms with E-state index in [2.05, 4.69) is 14.9 Å². The Kier molecular flexibility index (Phi) is 5.05. The Morgan fingerprint density at radius 1 is 1.19 bits per heavy atom. The third kappa shape index (κ3) is 3.94. The van der Waals surface area contributed by atoms with Gasteiger partial charge in [-0.3, -0.25) is 9.69 Å². The Morgan fingerprint density at radius 2 is 2.00 bits per heavy atom. The molecule has 1 aliphatic rings. The molecule has 1 saturated heterocycles. The molecule has 6 heteroatoms. The summed E-state index contributed by atoms with van der Waals surface area (Å²) in [6, 6.07) is 14.9. The molecule has 1 aliphatic heterocycles. The molecule has 1 atom stereocenters. The highest BCUT2D eigenvalue weighted by molar-refractivity contribution is 6.31. The van der Waals surface area contributed by atoms with Crippen molar-refractivity contribution in [2.45, 2.75) is 19.4 Å². The normalized spacial score (nSPS) is 17.9. The van der Waals surface area contributed by atoms with Crippen LogP contribution in [0, 0.1) is 5.92 Å². The second kappa shape index (κ2) is 7.62. The van der Waals surface area contributed by atoms with Crippen LogP contribution in [0.4, 0.5) is 5.82 Å². The highest BCUT2D eigenvalue weighted by atomic mass is 35.5. The fourth-order valence-corrected chi connectivity index (χ4v) is 3.87. The number of anilines is 1. The number of nitrogens with zero attached hydrogens (tertiary/aromatic N) is 3. The number of likely N-dealkylation sites (tertiary alicyclic amines) is 1. The van der Waals surface area contributed by atoms with Crippen LogP contribution in [0.3, 0.4) is 0 Å². The molecule has 27 heavy (non-hydrogen) atoms. The molecule has 138 valence electrons. The van der Waals surface area contributed by atoms with Crippen molar-refractivity contribution in [1.29, 1.82) is 0 Å². The van der Waals surface area contributed by atoms with Gasteiger partial charge >= 0.3 is 0 Å². The average Bonchev–Trinajstić information content (AvgIpc) is 2.68. The smallest absolute Gasteiger partial charge is 0.167 e. The number of piperidine rings is 1. The summed E-state index contributed by atoms with van der Waals surface area (Å²) in [5.74, 6) is 1.34. The number of nitrogen functional groups attached to an aromatic ring is 1. The lowest BCUT2D eigenvalue weighted by atomic mass is 9.90. The summed E-state index contributed by atoms with van der Waals surface area (Å²) in [6.07, 6.45) is 1.90. The van der Waals surface area contributed by atoms with Gasteiger partial charge in [0, 0.05) is 28.4 Å². The topological polar surface area (TPSA) is 72.1 Å².